The highest BCUT2D eigenvalue weighted by Crippen LogP contribution is 2.26. The number of hydrogen-bond donors (Lipinski definition) is 0. The second kappa shape index (κ2) is 3.10. The van der Waals surface area contributed by atoms with E-state index < -0.39 is 26.7 Å². The molecule has 1 aromatic heterocycles. The zero-order chi connectivity index (χ0) is 8.59. The first-order valence-electron chi connectivity index (χ1n) is 2.39. The maximum atomic E-state index is 12.6. The summed E-state index contributed by atoms with van der Waals surface area (Å²) in [6.45, 7) is 0. The fraction of sp³-hybridized carbons (Fsp3) is 0. The molecule has 0 radical (unpaired) electrons. The van der Waals surface area contributed by atoms with Crippen LogP contribution in [0.2, 0.25) is 0 Å². The molecule has 60 valence electrons. The first kappa shape index (κ1) is 8.99. The third-order valence-corrected chi connectivity index (χ3v) is 2.29. The average molecular weight is 291 g/mol. The van der Waals surface area contributed by atoms with E-state index in [1.165, 1.54) is 0 Å². The first-order valence-corrected chi connectivity index (χ1v) is 3.98. The first-order chi connectivity index (χ1) is 5.04. The molecule has 1 aromatic rings. The normalized spacial score (nSPS) is 10.3. The lowest BCUT2D eigenvalue weighted by molar-refractivity contribution is 0.473. The van der Waals surface area contributed by atoms with Gasteiger partial charge < -0.3 is 0 Å². The van der Waals surface area contributed by atoms with Crippen molar-refractivity contribution in [3.8, 4) is 0 Å². The van der Waals surface area contributed by atoms with Gasteiger partial charge in [0.05, 0.1) is 0 Å². The Morgan fingerprint density at radius 3 is 1.64 bits per heavy atom. The summed E-state index contributed by atoms with van der Waals surface area (Å²) >= 11 is 5.11. The van der Waals surface area contributed by atoms with Crippen LogP contribution in [0.1, 0.15) is 0 Å². The molecule has 0 amide bonds. The molecule has 0 fully saturated rings. The van der Waals surface area contributed by atoms with E-state index >= 15 is 0 Å². The lowest BCUT2D eigenvalue weighted by Gasteiger charge is -1.98. The highest BCUT2D eigenvalue weighted by molar-refractivity contribution is 9.11. The SMILES string of the molecule is Fc1nc(F)c(Br)c(F)c1Br. The summed E-state index contributed by atoms with van der Waals surface area (Å²) in [5.74, 6) is -3.44. The van der Waals surface area contributed by atoms with Gasteiger partial charge in [0, 0.05) is 0 Å². The molecule has 0 aliphatic heterocycles. The van der Waals surface area contributed by atoms with Crippen LogP contribution < -0.4 is 0 Å². The average Bonchev–Trinajstić information content (AvgIpc) is 1.97. The van der Waals surface area contributed by atoms with Crippen LogP contribution in [0.25, 0.3) is 0 Å². The van der Waals surface area contributed by atoms with E-state index in [1.807, 2.05) is 0 Å². The van der Waals surface area contributed by atoms with Gasteiger partial charge in [0.1, 0.15) is 8.95 Å². The molecule has 0 saturated heterocycles. The van der Waals surface area contributed by atoms with Crippen molar-refractivity contribution in [2.24, 2.45) is 0 Å². The standard InChI is InChI=1S/C5Br2F3N/c6-1-3(8)2(7)5(10)11-4(1)9. The maximum Gasteiger partial charge on any atom is 0.232 e. The van der Waals surface area contributed by atoms with Gasteiger partial charge >= 0.3 is 0 Å². The Labute approximate surface area is 76.9 Å². The summed E-state index contributed by atoms with van der Waals surface area (Å²) in [6, 6.07) is 0. The zero-order valence-corrected chi connectivity index (χ0v) is 8.01. The van der Waals surface area contributed by atoms with E-state index in [1.54, 1.807) is 0 Å². The number of nitrogens with zero attached hydrogens (tertiary/aromatic N) is 1. The highest BCUT2D eigenvalue weighted by Gasteiger charge is 2.15. The largest absolute Gasteiger partial charge is 0.232 e. The number of rotatable bonds is 0. The predicted molar refractivity (Wildman–Crippen MR) is 39.5 cm³/mol. The van der Waals surface area contributed by atoms with Crippen molar-refractivity contribution < 1.29 is 13.2 Å². The Morgan fingerprint density at radius 1 is 0.909 bits per heavy atom. The van der Waals surface area contributed by atoms with Gasteiger partial charge in [-0.1, -0.05) is 0 Å². The minimum absolute atomic E-state index is 0.481. The van der Waals surface area contributed by atoms with Gasteiger partial charge in [-0.3, -0.25) is 0 Å². The van der Waals surface area contributed by atoms with E-state index in [-0.39, 0.29) is 0 Å². The van der Waals surface area contributed by atoms with Crippen LogP contribution in [-0.4, -0.2) is 4.98 Å². The van der Waals surface area contributed by atoms with Crippen LogP contribution >= 0.6 is 31.9 Å². The minimum atomic E-state index is -1.21. The molecule has 0 atom stereocenters. The zero-order valence-electron chi connectivity index (χ0n) is 4.84. The molecule has 6 heteroatoms. The fourth-order valence-corrected chi connectivity index (χ4v) is 1.30. The van der Waals surface area contributed by atoms with E-state index in [0.29, 0.717) is 0 Å². The van der Waals surface area contributed by atoms with Crippen molar-refractivity contribution in [1.82, 2.24) is 4.98 Å². The Kier molecular flexibility index (Phi) is 2.54. The number of halogens is 5. The number of aromatic nitrogens is 1. The van der Waals surface area contributed by atoms with Crippen LogP contribution in [0.15, 0.2) is 8.95 Å². The summed E-state index contributed by atoms with van der Waals surface area (Å²) in [5, 5.41) is 0. The van der Waals surface area contributed by atoms with Crippen molar-refractivity contribution in [2.45, 2.75) is 0 Å². The number of hydrogen-bond acceptors (Lipinski definition) is 1. The molecule has 1 rings (SSSR count). The molecular weight excluding hydrogens is 291 g/mol. The molecule has 0 aliphatic carbocycles. The molecule has 0 spiro atoms. The van der Waals surface area contributed by atoms with Crippen molar-refractivity contribution in [3.05, 3.63) is 26.7 Å². The number of pyridine rings is 1. The van der Waals surface area contributed by atoms with Gasteiger partial charge in [0.15, 0.2) is 5.82 Å². The summed E-state index contributed by atoms with van der Waals surface area (Å²) < 4.78 is 36.4. The molecule has 1 heterocycles. The maximum absolute atomic E-state index is 12.6. The Hall–Kier alpha value is -0.100. The molecular formula is C5Br2F3N. The topological polar surface area (TPSA) is 12.9 Å². The van der Waals surface area contributed by atoms with Crippen LogP contribution in [0.4, 0.5) is 13.2 Å². The van der Waals surface area contributed by atoms with Gasteiger partial charge in [0.25, 0.3) is 0 Å². The smallest absolute Gasteiger partial charge is 0.204 e. The van der Waals surface area contributed by atoms with E-state index in [9.17, 15) is 13.2 Å². The molecule has 0 aromatic carbocycles. The highest BCUT2D eigenvalue weighted by atomic mass is 79.9. The van der Waals surface area contributed by atoms with Crippen LogP contribution in [0.5, 0.6) is 0 Å². The van der Waals surface area contributed by atoms with E-state index in [4.69, 9.17) is 0 Å². The third kappa shape index (κ3) is 1.56. The third-order valence-electron chi connectivity index (χ3n) is 0.944. The lowest BCUT2D eigenvalue weighted by atomic mass is 10.5. The van der Waals surface area contributed by atoms with Crippen LogP contribution in [0, 0.1) is 17.7 Å². The molecule has 0 N–H and O–H groups in total. The lowest BCUT2D eigenvalue weighted by Crippen LogP contribution is -1.95. The molecule has 11 heavy (non-hydrogen) atoms. The summed E-state index contributed by atoms with van der Waals surface area (Å²) in [7, 11) is 0. The minimum Gasteiger partial charge on any atom is -0.204 e. The molecule has 0 aliphatic rings. The van der Waals surface area contributed by atoms with E-state index in [0.717, 1.165) is 0 Å². The Balaban J connectivity index is 3.46. The monoisotopic (exact) mass is 289 g/mol. The van der Waals surface area contributed by atoms with Gasteiger partial charge in [-0.2, -0.15) is 13.8 Å². The Bertz CT molecular complexity index is 276. The van der Waals surface area contributed by atoms with Crippen LogP contribution in [0.3, 0.4) is 0 Å². The second-order valence-corrected chi connectivity index (χ2v) is 3.22. The van der Waals surface area contributed by atoms with Crippen molar-refractivity contribution in [2.75, 3.05) is 0 Å². The van der Waals surface area contributed by atoms with Gasteiger partial charge in [-0.25, -0.2) is 4.39 Å². The van der Waals surface area contributed by atoms with Crippen molar-refractivity contribution >= 4 is 31.9 Å². The molecule has 1 nitrogen and oxygen atoms in total. The quantitative estimate of drug-likeness (QED) is 0.669. The summed E-state index contributed by atoms with van der Waals surface area (Å²) in [5.41, 5.74) is 0. The molecule has 0 bridgehead atoms. The van der Waals surface area contributed by atoms with Crippen molar-refractivity contribution in [3.63, 3.8) is 0 Å². The second-order valence-electron chi connectivity index (χ2n) is 1.64. The van der Waals surface area contributed by atoms with Crippen LogP contribution in [-0.2, 0) is 0 Å². The van der Waals surface area contributed by atoms with Gasteiger partial charge in [-0.15, -0.1) is 0 Å². The Morgan fingerprint density at radius 2 is 1.27 bits per heavy atom. The predicted octanol–water partition coefficient (Wildman–Crippen LogP) is 3.02. The van der Waals surface area contributed by atoms with E-state index in [2.05, 4.69) is 36.8 Å². The summed E-state index contributed by atoms with van der Waals surface area (Å²) in [6.07, 6.45) is 0. The van der Waals surface area contributed by atoms with Gasteiger partial charge in [-0.05, 0) is 31.9 Å². The van der Waals surface area contributed by atoms with Crippen molar-refractivity contribution in [1.29, 1.82) is 0 Å². The van der Waals surface area contributed by atoms with Gasteiger partial charge in [0.2, 0.25) is 11.9 Å². The molecule has 0 unspecified atom stereocenters. The summed E-state index contributed by atoms with van der Waals surface area (Å²) in [4.78, 5) is 2.77. The molecule has 0 saturated carbocycles. The fourth-order valence-electron chi connectivity index (χ4n) is 0.462.